The number of hydrogen-bond donors (Lipinski definition) is 2. The smallest absolute Gasteiger partial charge is 0.250 e. The number of nitrogens with one attached hydrogen (secondary N) is 2. The molecular weight excluding hydrogens is 236 g/mol. The molecule has 17 heavy (non-hydrogen) atoms. The van der Waals surface area contributed by atoms with Gasteiger partial charge in [0.2, 0.25) is 0 Å². The van der Waals surface area contributed by atoms with E-state index in [2.05, 4.69) is 29.7 Å². The van der Waals surface area contributed by atoms with Crippen LogP contribution in [0.1, 0.15) is 16.7 Å². The van der Waals surface area contributed by atoms with Crippen LogP contribution in [0.2, 0.25) is 0 Å². The van der Waals surface area contributed by atoms with E-state index in [1.807, 2.05) is 0 Å². The molecule has 5 heteroatoms. The van der Waals surface area contributed by atoms with Crippen LogP contribution in [-0.2, 0) is 22.5 Å². The van der Waals surface area contributed by atoms with Crippen LogP contribution in [0.25, 0.3) is 0 Å². The van der Waals surface area contributed by atoms with Crippen molar-refractivity contribution in [2.24, 2.45) is 0 Å². The Hall–Kier alpha value is -0.910. The zero-order chi connectivity index (χ0) is 12.1. The van der Waals surface area contributed by atoms with Gasteiger partial charge in [0.1, 0.15) is 6.10 Å². The molecule has 0 radical (unpaired) electrons. The Kier molecular flexibility index (Phi) is 4.53. The van der Waals surface area contributed by atoms with Crippen LogP contribution in [0, 0.1) is 0 Å². The van der Waals surface area contributed by atoms with Gasteiger partial charge in [-0.15, -0.1) is 11.3 Å². The lowest BCUT2D eigenvalue weighted by Crippen LogP contribution is -2.47. The van der Waals surface area contributed by atoms with Gasteiger partial charge in [0.25, 0.3) is 5.91 Å². The topological polar surface area (TPSA) is 50.4 Å². The van der Waals surface area contributed by atoms with E-state index >= 15 is 0 Å². The van der Waals surface area contributed by atoms with Gasteiger partial charge in [0.05, 0.1) is 13.2 Å². The van der Waals surface area contributed by atoms with Gasteiger partial charge in [0.15, 0.2) is 0 Å². The van der Waals surface area contributed by atoms with Gasteiger partial charge in [-0.25, -0.2) is 0 Å². The highest BCUT2D eigenvalue weighted by atomic mass is 32.1. The van der Waals surface area contributed by atoms with Gasteiger partial charge in [-0.2, -0.15) is 0 Å². The quantitative estimate of drug-likeness (QED) is 0.840. The third-order valence-corrected chi connectivity index (χ3v) is 3.95. The summed E-state index contributed by atoms with van der Waals surface area (Å²) in [6.07, 6.45) is 0.711. The molecule has 1 aliphatic heterocycles. The van der Waals surface area contributed by atoms with Crippen molar-refractivity contribution in [1.82, 2.24) is 10.6 Å². The summed E-state index contributed by atoms with van der Waals surface area (Å²) in [5.41, 5.74) is 0. The zero-order valence-electron chi connectivity index (χ0n) is 9.99. The number of ether oxygens (including phenoxy) is 1. The third-order valence-electron chi connectivity index (χ3n) is 2.72. The Morgan fingerprint density at radius 1 is 1.59 bits per heavy atom. The second-order valence-corrected chi connectivity index (χ2v) is 5.26. The van der Waals surface area contributed by atoms with Crippen LogP contribution in [0.4, 0.5) is 0 Å². The average Bonchev–Trinajstić information content (AvgIpc) is 2.85. The van der Waals surface area contributed by atoms with Gasteiger partial charge in [-0.3, -0.25) is 4.79 Å². The summed E-state index contributed by atoms with van der Waals surface area (Å²) < 4.78 is 5.38. The van der Waals surface area contributed by atoms with E-state index in [4.69, 9.17) is 4.74 Å². The first-order chi connectivity index (χ1) is 8.29. The SMILES string of the molecule is CCc1ccc(CNC(=O)C2CNCCO2)s1. The van der Waals surface area contributed by atoms with E-state index in [9.17, 15) is 4.79 Å². The summed E-state index contributed by atoms with van der Waals surface area (Å²) in [5, 5.41) is 6.06. The van der Waals surface area contributed by atoms with Gasteiger partial charge in [0, 0.05) is 22.8 Å². The molecule has 1 aliphatic rings. The van der Waals surface area contributed by atoms with Crippen molar-refractivity contribution >= 4 is 17.2 Å². The number of carbonyl (C=O) groups excluding carboxylic acids is 1. The summed E-state index contributed by atoms with van der Waals surface area (Å²) in [7, 11) is 0. The van der Waals surface area contributed by atoms with Gasteiger partial charge in [-0.05, 0) is 18.6 Å². The molecule has 2 N–H and O–H groups in total. The predicted molar refractivity (Wildman–Crippen MR) is 68.2 cm³/mol. The second kappa shape index (κ2) is 6.14. The van der Waals surface area contributed by atoms with Crippen LogP contribution >= 0.6 is 11.3 Å². The Bertz CT molecular complexity index is 372. The van der Waals surface area contributed by atoms with Crippen molar-refractivity contribution in [3.63, 3.8) is 0 Å². The highest BCUT2D eigenvalue weighted by molar-refractivity contribution is 7.11. The molecule has 1 saturated heterocycles. The third kappa shape index (κ3) is 3.52. The molecule has 1 atom stereocenters. The number of rotatable bonds is 4. The van der Waals surface area contributed by atoms with Crippen LogP contribution in [-0.4, -0.2) is 31.7 Å². The summed E-state index contributed by atoms with van der Waals surface area (Å²) in [5.74, 6) is -0.0244. The largest absolute Gasteiger partial charge is 0.366 e. The maximum atomic E-state index is 11.8. The van der Waals surface area contributed by atoms with Crippen LogP contribution in [0.5, 0.6) is 0 Å². The summed E-state index contributed by atoms with van der Waals surface area (Å²) in [6, 6.07) is 4.19. The minimum Gasteiger partial charge on any atom is -0.366 e. The van der Waals surface area contributed by atoms with E-state index in [0.29, 0.717) is 19.7 Å². The molecule has 1 amide bonds. The number of aryl methyl sites for hydroxylation is 1. The van der Waals surface area contributed by atoms with E-state index in [1.165, 1.54) is 9.75 Å². The second-order valence-electron chi connectivity index (χ2n) is 4.00. The lowest BCUT2D eigenvalue weighted by molar-refractivity contribution is -0.134. The Morgan fingerprint density at radius 3 is 3.06 bits per heavy atom. The summed E-state index contributed by atoms with van der Waals surface area (Å²) in [6.45, 7) is 4.78. The van der Waals surface area contributed by atoms with Crippen molar-refractivity contribution in [3.05, 3.63) is 21.9 Å². The molecular formula is C12H18N2O2S. The molecule has 1 fully saturated rings. The van der Waals surface area contributed by atoms with Crippen molar-refractivity contribution in [1.29, 1.82) is 0 Å². The fourth-order valence-corrected chi connectivity index (χ4v) is 2.63. The fourth-order valence-electron chi connectivity index (χ4n) is 1.73. The average molecular weight is 254 g/mol. The fraction of sp³-hybridized carbons (Fsp3) is 0.583. The molecule has 2 rings (SSSR count). The van der Waals surface area contributed by atoms with E-state index in [0.717, 1.165) is 13.0 Å². The molecule has 94 valence electrons. The minimum atomic E-state index is -0.339. The minimum absolute atomic E-state index is 0.0244. The number of thiophene rings is 1. The summed E-state index contributed by atoms with van der Waals surface area (Å²) in [4.78, 5) is 14.3. The molecule has 0 aromatic carbocycles. The van der Waals surface area contributed by atoms with Crippen molar-refractivity contribution < 1.29 is 9.53 Å². The molecule has 0 bridgehead atoms. The highest BCUT2D eigenvalue weighted by Crippen LogP contribution is 2.16. The van der Waals surface area contributed by atoms with E-state index < -0.39 is 0 Å². The first-order valence-corrected chi connectivity index (χ1v) is 6.79. The number of morpholine rings is 1. The Balaban J connectivity index is 1.78. The Morgan fingerprint density at radius 2 is 2.41 bits per heavy atom. The van der Waals surface area contributed by atoms with E-state index in [-0.39, 0.29) is 12.0 Å². The number of carbonyl (C=O) groups is 1. The van der Waals surface area contributed by atoms with Gasteiger partial charge < -0.3 is 15.4 Å². The standard InChI is InChI=1S/C12H18N2O2S/c1-2-9-3-4-10(17-9)7-14-12(15)11-8-13-5-6-16-11/h3-4,11,13H,2,5-8H2,1H3,(H,14,15). The molecule has 0 saturated carbocycles. The lowest BCUT2D eigenvalue weighted by atomic mass is 10.3. The maximum absolute atomic E-state index is 11.8. The highest BCUT2D eigenvalue weighted by Gasteiger charge is 2.21. The molecule has 2 heterocycles. The molecule has 4 nitrogen and oxygen atoms in total. The number of hydrogen-bond acceptors (Lipinski definition) is 4. The zero-order valence-corrected chi connectivity index (χ0v) is 10.8. The van der Waals surface area contributed by atoms with Crippen LogP contribution in [0.15, 0.2) is 12.1 Å². The van der Waals surface area contributed by atoms with Crippen LogP contribution < -0.4 is 10.6 Å². The van der Waals surface area contributed by atoms with E-state index in [1.54, 1.807) is 11.3 Å². The van der Waals surface area contributed by atoms with Crippen LogP contribution in [0.3, 0.4) is 0 Å². The van der Waals surface area contributed by atoms with Gasteiger partial charge in [-0.1, -0.05) is 6.92 Å². The first kappa shape index (κ1) is 12.5. The van der Waals surface area contributed by atoms with Crippen molar-refractivity contribution in [2.75, 3.05) is 19.7 Å². The predicted octanol–water partition coefficient (Wildman–Crippen LogP) is 0.915. The summed E-state index contributed by atoms with van der Waals surface area (Å²) >= 11 is 1.75. The van der Waals surface area contributed by atoms with Crippen molar-refractivity contribution in [2.45, 2.75) is 26.0 Å². The lowest BCUT2D eigenvalue weighted by Gasteiger charge is -2.22. The monoisotopic (exact) mass is 254 g/mol. The molecule has 1 aromatic rings. The molecule has 1 unspecified atom stereocenters. The Labute approximate surface area is 105 Å². The molecule has 1 aromatic heterocycles. The normalized spacial score (nSPS) is 20.2. The van der Waals surface area contributed by atoms with Gasteiger partial charge >= 0.3 is 0 Å². The molecule has 0 spiro atoms. The molecule has 0 aliphatic carbocycles. The van der Waals surface area contributed by atoms with Crippen molar-refractivity contribution in [3.8, 4) is 0 Å². The first-order valence-electron chi connectivity index (χ1n) is 5.97. The number of amides is 1. The maximum Gasteiger partial charge on any atom is 0.250 e.